The number of nitrogens with zero attached hydrogens (tertiary/aromatic N) is 2. The predicted molar refractivity (Wildman–Crippen MR) is 104 cm³/mol. The first kappa shape index (κ1) is 18.9. The molecule has 27 heavy (non-hydrogen) atoms. The number of carbonyl (C=O) groups is 2. The maximum absolute atomic E-state index is 12.3. The lowest BCUT2D eigenvalue weighted by Crippen LogP contribution is -2.18. The first-order chi connectivity index (χ1) is 13.0. The summed E-state index contributed by atoms with van der Waals surface area (Å²) in [4.78, 5) is 28.1. The molecule has 7 nitrogen and oxygen atoms in total. The maximum Gasteiger partial charge on any atom is 0.254 e. The summed E-state index contributed by atoms with van der Waals surface area (Å²) in [5.74, 6) is -0.836. The van der Waals surface area contributed by atoms with Crippen molar-refractivity contribution < 1.29 is 9.59 Å². The lowest BCUT2D eigenvalue weighted by atomic mass is 10.1. The van der Waals surface area contributed by atoms with E-state index in [9.17, 15) is 9.59 Å². The molecule has 2 heterocycles. The molecule has 0 unspecified atom stereocenters. The van der Waals surface area contributed by atoms with Gasteiger partial charge in [0.2, 0.25) is 5.91 Å². The minimum atomic E-state index is -0.699. The van der Waals surface area contributed by atoms with E-state index in [0.717, 1.165) is 5.56 Å². The second kappa shape index (κ2) is 8.20. The van der Waals surface area contributed by atoms with Crippen LogP contribution in [0.2, 0.25) is 10.0 Å². The van der Waals surface area contributed by atoms with Crippen molar-refractivity contribution in [1.29, 1.82) is 0 Å². The van der Waals surface area contributed by atoms with E-state index in [-0.39, 0.29) is 23.7 Å². The minimum absolute atomic E-state index is 0.115. The number of hydrogen-bond acceptors (Lipinski definition) is 4. The first-order valence-corrected chi connectivity index (χ1v) is 8.73. The zero-order valence-corrected chi connectivity index (χ0v) is 15.5. The third kappa shape index (κ3) is 4.45. The number of anilines is 1. The van der Waals surface area contributed by atoms with E-state index in [1.54, 1.807) is 42.7 Å². The molecule has 1 aromatic carbocycles. The average molecular weight is 404 g/mol. The topological polar surface area (TPSA) is 114 Å². The molecule has 0 saturated carbocycles. The Balaban J connectivity index is 1.73. The van der Waals surface area contributed by atoms with Crippen molar-refractivity contribution in [2.45, 2.75) is 12.8 Å². The molecule has 2 amide bonds. The highest BCUT2D eigenvalue weighted by atomic mass is 35.5. The van der Waals surface area contributed by atoms with Gasteiger partial charge in [-0.05, 0) is 36.2 Å². The Morgan fingerprint density at radius 1 is 1.11 bits per heavy atom. The van der Waals surface area contributed by atoms with Crippen LogP contribution in [0.4, 0.5) is 5.82 Å². The van der Waals surface area contributed by atoms with Gasteiger partial charge in [0.25, 0.3) is 5.91 Å². The van der Waals surface area contributed by atoms with E-state index in [0.29, 0.717) is 27.7 Å². The second-order valence-electron chi connectivity index (χ2n) is 5.72. The van der Waals surface area contributed by atoms with E-state index < -0.39 is 5.91 Å². The van der Waals surface area contributed by atoms with Gasteiger partial charge in [0.1, 0.15) is 17.1 Å². The van der Waals surface area contributed by atoms with Crippen molar-refractivity contribution in [2.24, 2.45) is 5.73 Å². The number of pyridine rings is 1. The standard InChI is InChI=1S/C18H15Cl2N5O2/c19-12-3-1-10(9-13(12)20)2-4-14(26)23-18-15(17(21)27)16(24-25-18)11-5-7-22-8-6-11/h1,3,5-9H,2,4H2,(H2,21,27)(H2,23,24,25,26). The summed E-state index contributed by atoms with van der Waals surface area (Å²) in [5, 5.41) is 10.3. The van der Waals surface area contributed by atoms with Crippen molar-refractivity contribution in [3.05, 3.63) is 63.9 Å². The number of amides is 2. The van der Waals surface area contributed by atoms with Gasteiger partial charge < -0.3 is 11.1 Å². The minimum Gasteiger partial charge on any atom is -0.365 e. The molecule has 0 aliphatic heterocycles. The van der Waals surface area contributed by atoms with Crippen LogP contribution in [0, 0.1) is 0 Å². The Morgan fingerprint density at radius 3 is 2.52 bits per heavy atom. The number of primary amides is 1. The van der Waals surface area contributed by atoms with Crippen LogP contribution in [-0.2, 0) is 11.2 Å². The number of aryl methyl sites for hydroxylation is 1. The number of carbonyl (C=O) groups excluding carboxylic acids is 2. The van der Waals surface area contributed by atoms with Crippen LogP contribution in [0.25, 0.3) is 11.3 Å². The lowest BCUT2D eigenvalue weighted by Gasteiger charge is -2.06. The Labute approximate surface area is 164 Å². The molecule has 138 valence electrons. The fourth-order valence-corrected chi connectivity index (χ4v) is 2.87. The van der Waals surface area contributed by atoms with E-state index in [4.69, 9.17) is 28.9 Å². The van der Waals surface area contributed by atoms with Crippen LogP contribution in [-0.4, -0.2) is 27.0 Å². The van der Waals surface area contributed by atoms with Crippen LogP contribution >= 0.6 is 23.2 Å². The normalized spacial score (nSPS) is 10.6. The summed E-state index contributed by atoms with van der Waals surface area (Å²) in [6.07, 6.45) is 3.79. The largest absolute Gasteiger partial charge is 0.365 e. The Morgan fingerprint density at radius 2 is 1.85 bits per heavy atom. The van der Waals surface area contributed by atoms with E-state index in [1.165, 1.54) is 0 Å². The molecular formula is C18H15Cl2N5O2. The summed E-state index contributed by atoms with van der Waals surface area (Å²) in [6.45, 7) is 0. The molecule has 0 saturated heterocycles. The quantitative estimate of drug-likeness (QED) is 0.584. The van der Waals surface area contributed by atoms with Gasteiger partial charge in [0.15, 0.2) is 0 Å². The van der Waals surface area contributed by atoms with Crippen molar-refractivity contribution in [2.75, 3.05) is 5.32 Å². The molecule has 4 N–H and O–H groups in total. The van der Waals surface area contributed by atoms with Crippen LogP contribution in [0.5, 0.6) is 0 Å². The number of halogens is 2. The van der Waals surface area contributed by atoms with Crippen LogP contribution in [0.3, 0.4) is 0 Å². The molecule has 0 aliphatic rings. The van der Waals surface area contributed by atoms with Gasteiger partial charge >= 0.3 is 0 Å². The van der Waals surface area contributed by atoms with Gasteiger partial charge in [-0.15, -0.1) is 0 Å². The lowest BCUT2D eigenvalue weighted by molar-refractivity contribution is -0.116. The number of aromatic nitrogens is 3. The van der Waals surface area contributed by atoms with Crippen molar-refractivity contribution in [3.8, 4) is 11.3 Å². The Hall–Kier alpha value is -2.90. The van der Waals surface area contributed by atoms with Crippen LogP contribution < -0.4 is 11.1 Å². The summed E-state index contributed by atoms with van der Waals surface area (Å²) in [5.41, 5.74) is 7.47. The molecule has 0 bridgehead atoms. The summed E-state index contributed by atoms with van der Waals surface area (Å²) < 4.78 is 0. The zero-order chi connectivity index (χ0) is 19.4. The molecule has 3 rings (SSSR count). The van der Waals surface area contributed by atoms with Gasteiger partial charge in [0.05, 0.1) is 10.0 Å². The molecular weight excluding hydrogens is 389 g/mol. The third-order valence-corrected chi connectivity index (χ3v) is 4.59. The summed E-state index contributed by atoms with van der Waals surface area (Å²) in [6, 6.07) is 8.58. The molecule has 3 aromatic rings. The number of H-pyrrole nitrogens is 1. The van der Waals surface area contributed by atoms with Crippen molar-refractivity contribution in [3.63, 3.8) is 0 Å². The Kier molecular flexibility index (Phi) is 5.73. The summed E-state index contributed by atoms with van der Waals surface area (Å²) in [7, 11) is 0. The Bertz CT molecular complexity index is 989. The van der Waals surface area contributed by atoms with Crippen molar-refractivity contribution in [1.82, 2.24) is 15.2 Å². The van der Waals surface area contributed by atoms with Crippen molar-refractivity contribution >= 4 is 40.8 Å². The molecule has 0 fully saturated rings. The highest BCUT2D eigenvalue weighted by Gasteiger charge is 2.21. The number of hydrogen-bond donors (Lipinski definition) is 3. The summed E-state index contributed by atoms with van der Waals surface area (Å²) >= 11 is 11.9. The maximum atomic E-state index is 12.3. The van der Waals surface area contributed by atoms with Gasteiger partial charge in [0, 0.05) is 24.4 Å². The molecule has 9 heteroatoms. The first-order valence-electron chi connectivity index (χ1n) is 7.98. The molecule has 2 aromatic heterocycles. The number of nitrogens with one attached hydrogen (secondary N) is 2. The number of aromatic amines is 1. The number of rotatable bonds is 6. The fraction of sp³-hybridized carbons (Fsp3) is 0.111. The fourth-order valence-electron chi connectivity index (χ4n) is 2.55. The van der Waals surface area contributed by atoms with E-state index in [1.807, 2.05) is 0 Å². The van der Waals surface area contributed by atoms with Gasteiger partial charge in [-0.2, -0.15) is 5.10 Å². The number of benzene rings is 1. The van der Waals surface area contributed by atoms with Gasteiger partial charge in [-0.25, -0.2) is 0 Å². The SMILES string of the molecule is NC(=O)c1c(-c2ccncc2)n[nH]c1NC(=O)CCc1ccc(Cl)c(Cl)c1. The second-order valence-corrected chi connectivity index (χ2v) is 6.53. The van der Waals surface area contributed by atoms with E-state index in [2.05, 4.69) is 20.5 Å². The van der Waals surface area contributed by atoms with Gasteiger partial charge in [-0.1, -0.05) is 29.3 Å². The average Bonchev–Trinajstić information content (AvgIpc) is 3.07. The molecule has 0 spiro atoms. The van der Waals surface area contributed by atoms with Crippen LogP contribution in [0.1, 0.15) is 22.3 Å². The highest BCUT2D eigenvalue weighted by Crippen LogP contribution is 2.26. The smallest absolute Gasteiger partial charge is 0.254 e. The van der Waals surface area contributed by atoms with Gasteiger partial charge in [-0.3, -0.25) is 19.7 Å². The zero-order valence-electron chi connectivity index (χ0n) is 14.0. The molecule has 0 atom stereocenters. The molecule has 0 aliphatic carbocycles. The third-order valence-electron chi connectivity index (χ3n) is 3.86. The van der Waals surface area contributed by atoms with E-state index >= 15 is 0 Å². The molecule has 0 radical (unpaired) electrons. The van der Waals surface area contributed by atoms with Crippen LogP contribution in [0.15, 0.2) is 42.7 Å². The number of nitrogens with two attached hydrogens (primary N) is 1. The highest BCUT2D eigenvalue weighted by molar-refractivity contribution is 6.42. The monoisotopic (exact) mass is 403 g/mol. The predicted octanol–water partition coefficient (Wildman–Crippen LogP) is 3.45.